The number of ether oxygens (including phenoxy) is 2. The molecule has 1 unspecified atom stereocenters. The van der Waals surface area contributed by atoms with E-state index in [1.807, 2.05) is 37.4 Å². The zero-order valence-corrected chi connectivity index (χ0v) is 25.0. The Morgan fingerprint density at radius 3 is 2.42 bits per heavy atom. The Labute approximate surface area is 229 Å². The van der Waals surface area contributed by atoms with Crippen molar-refractivity contribution in [2.24, 2.45) is 0 Å². The standard InChI is InChI=1S/C26H39N3O7SSi/c1-26(2,3)38(6,7)36-16-21(24(31)32)29(4)23(30)20-17-37-22(28-20)19-11-9-18(10-12-19)15-35-25(33)27-13-8-14-34-5/h9-12,17,21H,8,13-16H2,1-7H3,(H,27,33)(H,31,32). The number of carbonyl (C=O) groups excluding carboxylic acids is 2. The molecule has 1 atom stereocenters. The summed E-state index contributed by atoms with van der Waals surface area (Å²) < 4.78 is 16.2. The summed E-state index contributed by atoms with van der Waals surface area (Å²) in [5.41, 5.74) is 1.77. The van der Waals surface area contributed by atoms with Crippen molar-refractivity contribution in [3.8, 4) is 10.6 Å². The number of amides is 2. The SMILES string of the molecule is COCCCNC(=O)OCc1ccc(-c2nc(C(=O)N(C)C(CO[Si](C)(C)C(C)(C)C)C(=O)O)cs2)cc1. The van der Waals surface area contributed by atoms with Crippen LogP contribution in [0.3, 0.4) is 0 Å². The molecule has 2 aromatic rings. The lowest BCUT2D eigenvalue weighted by molar-refractivity contribution is -0.143. The van der Waals surface area contributed by atoms with E-state index in [4.69, 9.17) is 13.9 Å². The molecular weight excluding hydrogens is 526 g/mol. The van der Waals surface area contributed by atoms with E-state index in [9.17, 15) is 19.5 Å². The summed E-state index contributed by atoms with van der Waals surface area (Å²) in [4.78, 5) is 42.4. The number of benzene rings is 1. The summed E-state index contributed by atoms with van der Waals surface area (Å²) in [6.45, 7) is 11.4. The molecule has 0 aliphatic heterocycles. The lowest BCUT2D eigenvalue weighted by Crippen LogP contribution is -2.50. The molecule has 2 N–H and O–H groups in total. The van der Waals surface area contributed by atoms with Crippen LogP contribution in [-0.4, -0.2) is 81.2 Å². The van der Waals surface area contributed by atoms with E-state index in [2.05, 4.69) is 31.1 Å². The average molecular weight is 566 g/mol. The van der Waals surface area contributed by atoms with Crippen LogP contribution in [0.2, 0.25) is 18.1 Å². The molecule has 2 rings (SSSR count). The number of methoxy groups -OCH3 is 1. The van der Waals surface area contributed by atoms with Crippen molar-refractivity contribution in [1.29, 1.82) is 0 Å². The number of rotatable bonds is 13. The highest BCUT2D eigenvalue weighted by molar-refractivity contribution is 7.13. The number of thiazole rings is 1. The predicted octanol–water partition coefficient (Wildman–Crippen LogP) is 4.62. The minimum absolute atomic E-state index is 0.0827. The van der Waals surface area contributed by atoms with E-state index in [1.165, 1.54) is 23.3 Å². The minimum Gasteiger partial charge on any atom is -0.480 e. The number of hydrogen-bond acceptors (Lipinski definition) is 8. The quantitative estimate of drug-likeness (QED) is 0.266. The second kappa shape index (κ2) is 13.8. The van der Waals surface area contributed by atoms with Gasteiger partial charge < -0.3 is 29.2 Å². The lowest BCUT2D eigenvalue weighted by Gasteiger charge is -2.37. The van der Waals surface area contributed by atoms with Crippen LogP contribution in [0.4, 0.5) is 4.79 Å². The normalized spacial score (nSPS) is 12.6. The van der Waals surface area contributed by atoms with Crippen LogP contribution in [0.15, 0.2) is 29.6 Å². The Morgan fingerprint density at radius 2 is 1.84 bits per heavy atom. The fourth-order valence-electron chi connectivity index (χ4n) is 3.03. The van der Waals surface area contributed by atoms with Crippen LogP contribution in [0.25, 0.3) is 10.6 Å². The second-order valence-corrected chi connectivity index (χ2v) is 16.1. The first-order valence-corrected chi connectivity index (χ1v) is 16.1. The number of alkyl carbamates (subject to hydrolysis) is 1. The Balaban J connectivity index is 1.99. The molecule has 2 amide bonds. The first-order chi connectivity index (χ1) is 17.8. The molecule has 0 bridgehead atoms. The van der Waals surface area contributed by atoms with E-state index in [-0.39, 0.29) is 23.9 Å². The van der Waals surface area contributed by atoms with E-state index >= 15 is 0 Å². The molecule has 1 heterocycles. The average Bonchev–Trinajstić information content (AvgIpc) is 3.34. The molecule has 12 heteroatoms. The first-order valence-electron chi connectivity index (χ1n) is 12.3. The summed E-state index contributed by atoms with van der Waals surface area (Å²) in [6.07, 6.45) is 0.211. The summed E-state index contributed by atoms with van der Waals surface area (Å²) in [5, 5.41) is 14.6. The molecule has 0 spiro atoms. The number of aromatic nitrogens is 1. The van der Waals surface area contributed by atoms with Crippen molar-refractivity contribution in [3.63, 3.8) is 0 Å². The van der Waals surface area contributed by atoms with Gasteiger partial charge in [-0.15, -0.1) is 11.3 Å². The van der Waals surface area contributed by atoms with Gasteiger partial charge in [-0.3, -0.25) is 4.79 Å². The molecule has 210 valence electrons. The molecule has 1 aromatic heterocycles. The molecule has 38 heavy (non-hydrogen) atoms. The molecule has 10 nitrogen and oxygen atoms in total. The van der Waals surface area contributed by atoms with Crippen LogP contribution < -0.4 is 5.32 Å². The Morgan fingerprint density at radius 1 is 1.18 bits per heavy atom. The smallest absolute Gasteiger partial charge is 0.407 e. The molecule has 0 saturated heterocycles. The Hall–Kier alpha value is -2.80. The highest BCUT2D eigenvalue weighted by Crippen LogP contribution is 2.36. The van der Waals surface area contributed by atoms with E-state index < -0.39 is 32.3 Å². The summed E-state index contributed by atoms with van der Waals surface area (Å²) >= 11 is 1.29. The van der Waals surface area contributed by atoms with Gasteiger partial charge in [-0.1, -0.05) is 45.0 Å². The number of nitrogens with one attached hydrogen (secondary N) is 1. The lowest BCUT2D eigenvalue weighted by atomic mass is 10.1. The van der Waals surface area contributed by atoms with Crippen LogP contribution in [0.5, 0.6) is 0 Å². The molecule has 0 aliphatic rings. The monoisotopic (exact) mass is 565 g/mol. The van der Waals surface area contributed by atoms with Gasteiger partial charge in [0.15, 0.2) is 14.4 Å². The van der Waals surface area contributed by atoms with Gasteiger partial charge in [-0.25, -0.2) is 14.6 Å². The van der Waals surface area contributed by atoms with Gasteiger partial charge in [0.05, 0.1) is 6.61 Å². The first kappa shape index (κ1) is 31.4. The Kier molecular flexibility index (Phi) is 11.4. The summed E-state index contributed by atoms with van der Waals surface area (Å²) in [7, 11) is 0.869. The van der Waals surface area contributed by atoms with Crippen LogP contribution in [0, 0.1) is 0 Å². The zero-order valence-electron chi connectivity index (χ0n) is 23.2. The maximum absolute atomic E-state index is 13.1. The third kappa shape index (κ3) is 8.90. The van der Waals surface area contributed by atoms with E-state index in [1.54, 1.807) is 12.5 Å². The van der Waals surface area contributed by atoms with Crippen molar-refractivity contribution >= 4 is 37.6 Å². The molecule has 0 aliphatic carbocycles. The van der Waals surface area contributed by atoms with Crippen LogP contribution in [0.1, 0.15) is 43.2 Å². The number of carboxylic acid groups (broad SMARTS) is 1. The maximum atomic E-state index is 13.1. The zero-order chi connectivity index (χ0) is 28.5. The van der Waals surface area contributed by atoms with Crippen molar-refractivity contribution < 1.29 is 33.4 Å². The number of carbonyl (C=O) groups is 3. The molecule has 0 saturated carbocycles. The van der Waals surface area contributed by atoms with Gasteiger partial charge in [-0.2, -0.15) is 0 Å². The Bertz CT molecular complexity index is 1080. The molecular formula is C26H39N3O7SSi. The van der Waals surface area contributed by atoms with Crippen molar-refractivity contribution in [1.82, 2.24) is 15.2 Å². The van der Waals surface area contributed by atoms with E-state index in [0.29, 0.717) is 24.6 Å². The number of hydrogen-bond donors (Lipinski definition) is 2. The fraction of sp³-hybridized carbons (Fsp3) is 0.538. The highest BCUT2D eigenvalue weighted by Gasteiger charge is 2.39. The van der Waals surface area contributed by atoms with Crippen LogP contribution >= 0.6 is 11.3 Å². The van der Waals surface area contributed by atoms with Crippen molar-refractivity contribution in [2.45, 2.75) is 58.0 Å². The number of likely N-dealkylation sites (N-methyl/N-ethyl adjacent to an activating group) is 1. The third-order valence-electron chi connectivity index (χ3n) is 6.57. The van der Waals surface area contributed by atoms with E-state index in [0.717, 1.165) is 11.1 Å². The fourth-order valence-corrected chi connectivity index (χ4v) is 4.84. The molecule has 0 radical (unpaired) electrons. The number of nitrogens with zero attached hydrogens (tertiary/aromatic N) is 2. The largest absolute Gasteiger partial charge is 0.480 e. The molecule has 1 aromatic carbocycles. The second-order valence-electron chi connectivity index (χ2n) is 10.4. The van der Waals surface area contributed by atoms with Crippen molar-refractivity contribution in [3.05, 3.63) is 40.9 Å². The van der Waals surface area contributed by atoms with Gasteiger partial charge in [0, 0.05) is 38.3 Å². The topological polar surface area (TPSA) is 127 Å². The number of aliphatic carboxylic acids is 1. The van der Waals surface area contributed by atoms with Gasteiger partial charge in [0.2, 0.25) is 0 Å². The highest BCUT2D eigenvalue weighted by atomic mass is 32.1. The van der Waals surface area contributed by atoms with Gasteiger partial charge >= 0.3 is 12.1 Å². The number of carboxylic acids is 1. The van der Waals surface area contributed by atoms with Gasteiger partial charge in [-0.05, 0) is 30.1 Å². The van der Waals surface area contributed by atoms with Gasteiger partial charge in [0.1, 0.15) is 17.3 Å². The molecule has 0 fully saturated rings. The minimum atomic E-state index is -2.19. The van der Waals surface area contributed by atoms with Crippen LogP contribution in [-0.2, 0) is 25.3 Å². The van der Waals surface area contributed by atoms with Gasteiger partial charge in [0.25, 0.3) is 5.91 Å². The predicted molar refractivity (Wildman–Crippen MR) is 149 cm³/mol. The maximum Gasteiger partial charge on any atom is 0.407 e. The van der Waals surface area contributed by atoms with Crippen molar-refractivity contribution in [2.75, 3.05) is 33.9 Å². The third-order valence-corrected chi connectivity index (χ3v) is 12.0. The summed E-state index contributed by atoms with van der Waals surface area (Å²) in [6, 6.07) is 6.18. The summed E-state index contributed by atoms with van der Waals surface area (Å²) in [5.74, 6) is -1.61.